The van der Waals surface area contributed by atoms with E-state index in [1.165, 1.54) is 0 Å². The van der Waals surface area contributed by atoms with Gasteiger partial charge in [-0.15, -0.1) is 0 Å². The lowest BCUT2D eigenvalue weighted by molar-refractivity contribution is -0.117. The minimum absolute atomic E-state index is 0.0124. The van der Waals surface area contributed by atoms with E-state index in [-0.39, 0.29) is 17.9 Å². The molecule has 0 radical (unpaired) electrons. The number of hydrogen-bond donors (Lipinski definition) is 3. The van der Waals surface area contributed by atoms with Gasteiger partial charge in [-0.05, 0) is 43.7 Å². The van der Waals surface area contributed by atoms with Crippen molar-refractivity contribution in [3.63, 3.8) is 0 Å². The second kappa shape index (κ2) is 7.60. The molecule has 0 bridgehead atoms. The van der Waals surface area contributed by atoms with Crippen LogP contribution in [0.15, 0.2) is 30.6 Å². The molecule has 2 fully saturated rings. The van der Waals surface area contributed by atoms with Crippen LogP contribution in [0.4, 0.5) is 10.6 Å². The molecule has 3 aromatic rings. The fourth-order valence-electron chi connectivity index (χ4n) is 4.00. The van der Waals surface area contributed by atoms with Crippen LogP contribution < -0.4 is 15.4 Å². The van der Waals surface area contributed by atoms with E-state index in [4.69, 9.17) is 9.84 Å². The van der Waals surface area contributed by atoms with Crippen LogP contribution in [0, 0.1) is 11.8 Å². The van der Waals surface area contributed by atoms with Gasteiger partial charge in [-0.3, -0.25) is 9.48 Å². The Morgan fingerprint density at radius 3 is 2.84 bits per heavy atom. The Labute approximate surface area is 178 Å². The Kier molecular flexibility index (Phi) is 4.76. The van der Waals surface area contributed by atoms with E-state index in [0.717, 1.165) is 42.5 Å². The first-order valence-corrected chi connectivity index (χ1v) is 10.4. The molecule has 0 atom stereocenters. The number of pyridine rings is 1. The first kappa shape index (κ1) is 19.4. The highest BCUT2D eigenvalue weighted by atomic mass is 16.5. The number of carbonyl (C=O) groups excluding carboxylic acids is 1. The SMILES string of the molecule is Cn1ncc(OC[C@H]2C[C@@H](NC(=O)O)C2)c1-c1ccn2nc(NC(=O)C3CC3)cc2c1. The van der Waals surface area contributed by atoms with Crippen LogP contribution in [0.5, 0.6) is 5.75 Å². The number of carbonyl (C=O) groups is 2. The third-order valence-corrected chi connectivity index (χ3v) is 5.88. The van der Waals surface area contributed by atoms with Gasteiger partial charge in [0.25, 0.3) is 0 Å². The minimum Gasteiger partial charge on any atom is -0.489 e. The van der Waals surface area contributed by atoms with Crippen molar-refractivity contribution < 1.29 is 19.4 Å². The summed E-state index contributed by atoms with van der Waals surface area (Å²) in [5.74, 6) is 1.70. The number of aromatic nitrogens is 4. The molecule has 2 aliphatic rings. The monoisotopic (exact) mass is 424 g/mol. The van der Waals surface area contributed by atoms with Crippen LogP contribution in [0.1, 0.15) is 25.7 Å². The summed E-state index contributed by atoms with van der Waals surface area (Å²) in [5, 5.41) is 22.9. The fraction of sp³-hybridized carbons (Fsp3) is 0.429. The number of carboxylic acid groups (broad SMARTS) is 1. The van der Waals surface area contributed by atoms with Gasteiger partial charge in [0.2, 0.25) is 5.91 Å². The van der Waals surface area contributed by atoms with E-state index in [9.17, 15) is 9.59 Å². The van der Waals surface area contributed by atoms with Gasteiger partial charge < -0.3 is 20.5 Å². The van der Waals surface area contributed by atoms with E-state index >= 15 is 0 Å². The molecule has 0 aromatic carbocycles. The number of aryl methyl sites for hydroxylation is 1. The Balaban J connectivity index is 1.29. The lowest BCUT2D eigenvalue weighted by Crippen LogP contribution is -2.45. The number of fused-ring (bicyclic) bond motifs is 1. The van der Waals surface area contributed by atoms with Gasteiger partial charge in [-0.2, -0.15) is 10.2 Å². The van der Waals surface area contributed by atoms with Crippen molar-refractivity contribution >= 4 is 23.3 Å². The van der Waals surface area contributed by atoms with E-state index in [1.807, 2.05) is 31.4 Å². The van der Waals surface area contributed by atoms with Crippen molar-refractivity contribution in [2.45, 2.75) is 31.7 Å². The second-order valence-corrected chi connectivity index (χ2v) is 8.35. The number of rotatable bonds is 7. The topological polar surface area (TPSA) is 123 Å². The first-order chi connectivity index (χ1) is 15.0. The highest BCUT2D eigenvalue weighted by Crippen LogP contribution is 2.34. The van der Waals surface area contributed by atoms with Crippen LogP contribution >= 0.6 is 0 Å². The summed E-state index contributed by atoms with van der Waals surface area (Å²) >= 11 is 0. The van der Waals surface area contributed by atoms with E-state index in [0.29, 0.717) is 24.1 Å². The fourth-order valence-corrected chi connectivity index (χ4v) is 4.00. The number of ether oxygens (including phenoxy) is 1. The summed E-state index contributed by atoms with van der Waals surface area (Å²) in [6, 6.07) is 5.79. The molecule has 3 aromatic heterocycles. The highest BCUT2D eigenvalue weighted by Gasteiger charge is 2.31. The van der Waals surface area contributed by atoms with Gasteiger partial charge in [0.1, 0.15) is 5.69 Å². The summed E-state index contributed by atoms with van der Waals surface area (Å²) in [5.41, 5.74) is 2.64. The van der Waals surface area contributed by atoms with Gasteiger partial charge in [0, 0.05) is 36.8 Å². The lowest BCUT2D eigenvalue weighted by Gasteiger charge is -2.34. The zero-order chi connectivity index (χ0) is 21.5. The van der Waals surface area contributed by atoms with Crippen molar-refractivity contribution in [2.24, 2.45) is 18.9 Å². The number of hydrogen-bond acceptors (Lipinski definition) is 5. The molecule has 0 spiro atoms. The van der Waals surface area contributed by atoms with Crippen LogP contribution in [-0.2, 0) is 11.8 Å². The van der Waals surface area contributed by atoms with E-state index in [1.54, 1.807) is 15.4 Å². The summed E-state index contributed by atoms with van der Waals surface area (Å²) in [6.07, 6.45) is 6.02. The normalized spacial score (nSPS) is 20.3. The summed E-state index contributed by atoms with van der Waals surface area (Å²) in [7, 11) is 1.86. The molecule has 31 heavy (non-hydrogen) atoms. The maximum Gasteiger partial charge on any atom is 0.404 e. The standard InChI is InChI=1S/C21H24N6O4/c1-26-19(17(10-22-26)31-11-12-6-15(7-12)23-21(29)30)14-4-5-27-16(8-14)9-18(25-27)24-20(28)13-2-3-13/h4-5,8-10,12-13,15,23H,2-3,6-7,11H2,1H3,(H,29,30)(H,24,25,28)/t12-,15+. The molecule has 0 saturated heterocycles. The van der Waals surface area contributed by atoms with Crippen molar-refractivity contribution in [1.29, 1.82) is 0 Å². The zero-order valence-corrected chi connectivity index (χ0v) is 17.1. The van der Waals surface area contributed by atoms with Gasteiger partial charge in [0.15, 0.2) is 11.6 Å². The molecule has 0 aliphatic heterocycles. The third-order valence-electron chi connectivity index (χ3n) is 5.88. The van der Waals surface area contributed by atoms with Crippen LogP contribution in [-0.4, -0.2) is 49.2 Å². The summed E-state index contributed by atoms with van der Waals surface area (Å²) < 4.78 is 9.53. The smallest absolute Gasteiger partial charge is 0.404 e. The quantitative estimate of drug-likeness (QED) is 0.536. The summed E-state index contributed by atoms with van der Waals surface area (Å²) in [6.45, 7) is 0.517. The molecule has 0 unspecified atom stereocenters. The molecule has 2 saturated carbocycles. The maximum atomic E-state index is 12.0. The maximum absolute atomic E-state index is 12.0. The Bertz CT molecular complexity index is 1140. The second-order valence-electron chi connectivity index (χ2n) is 8.35. The highest BCUT2D eigenvalue weighted by molar-refractivity contribution is 5.93. The van der Waals surface area contributed by atoms with Crippen molar-refractivity contribution in [1.82, 2.24) is 24.7 Å². The van der Waals surface area contributed by atoms with Crippen LogP contribution in [0.25, 0.3) is 16.8 Å². The largest absolute Gasteiger partial charge is 0.489 e. The minimum atomic E-state index is -0.982. The van der Waals surface area contributed by atoms with Crippen molar-refractivity contribution in [2.75, 3.05) is 11.9 Å². The molecular weight excluding hydrogens is 400 g/mol. The van der Waals surface area contributed by atoms with Crippen LogP contribution in [0.3, 0.4) is 0 Å². The molecule has 10 nitrogen and oxygen atoms in total. The Morgan fingerprint density at radius 2 is 2.10 bits per heavy atom. The Hall–Kier alpha value is -3.56. The van der Waals surface area contributed by atoms with Crippen molar-refractivity contribution in [3.8, 4) is 17.0 Å². The molecule has 3 N–H and O–H groups in total. The first-order valence-electron chi connectivity index (χ1n) is 10.4. The van der Waals surface area contributed by atoms with E-state index < -0.39 is 6.09 Å². The van der Waals surface area contributed by atoms with Gasteiger partial charge in [-0.1, -0.05) is 0 Å². The van der Waals surface area contributed by atoms with E-state index in [2.05, 4.69) is 20.8 Å². The summed E-state index contributed by atoms with van der Waals surface area (Å²) in [4.78, 5) is 22.7. The molecular formula is C21H24N6O4. The average Bonchev–Trinajstić information content (AvgIpc) is 3.38. The van der Waals surface area contributed by atoms with Crippen LogP contribution in [0.2, 0.25) is 0 Å². The van der Waals surface area contributed by atoms with Gasteiger partial charge in [0.05, 0.1) is 18.3 Å². The molecule has 3 heterocycles. The number of anilines is 1. The molecule has 10 heteroatoms. The Morgan fingerprint density at radius 1 is 1.29 bits per heavy atom. The number of nitrogens with one attached hydrogen (secondary N) is 2. The number of nitrogens with zero attached hydrogens (tertiary/aromatic N) is 4. The third kappa shape index (κ3) is 4.05. The van der Waals surface area contributed by atoms with Gasteiger partial charge >= 0.3 is 6.09 Å². The molecule has 2 amide bonds. The van der Waals surface area contributed by atoms with Crippen molar-refractivity contribution in [3.05, 3.63) is 30.6 Å². The van der Waals surface area contributed by atoms with Gasteiger partial charge in [-0.25, -0.2) is 9.31 Å². The average molecular weight is 424 g/mol. The number of amides is 2. The molecule has 162 valence electrons. The lowest BCUT2D eigenvalue weighted by atomic mass is 9.81. The zero-order valence-electron chi connectivity index (χ0n) is 17.1. The predicted octanol–water partition coefficient (Wildman–Crippen LogP) is 2.51. The molecule has 2 aliphatic carbocycles. The predicted molar refractivity (Wildman–Crippen MR) is 112 cm³/mol. The molecule has 5 rings (SSSR count).